The van der Waals surface area contributed by atoms with Crippen molar-refractivity contribution in [3.8, 4) is 12.3 Å². The van der Waals surface area contributed by atoms with E-state index in [1.165, 1.54) is 16.8 Å². The van der Waals surface area contributed by atoms with Gasteiger partial charge >= 0.3 is 16.3 Å². The number of aromatic nitrogens is 2. The molecule has 0 aromatic carbocycles. The number of nitrogens with zero attached hydrogens (tertiary/aromatic N) is 2. The van der Waals surface area contributed by atoms with Gasteiger partial charge in [0, 0.05) is 12.6 Å². The van der Waals surface area contributed by atoms with E-state index in [1.54, 1.807) is 0 Å². The third kappa shape index (κ3) is 5.34. The van der Waals surface area contributed by atoms with Gasteiger partial charge in [0.25, 0.3) is 0 Å². The van der Waals surface area contributed by atoms with E-state index >= 15 is 0 Å². The average molecular weight is 413 g/mol. The maximum atomic E-state index is 9.42. The summed E-state index contributed by atoms with van der Waals surface area (Å²) in [7, 11) is -9.52. The molecule has 0 saturated carbocycles. The van der Waals surface area contributed by atoms with Crippen LogP contribution in [0.25, 0.3) is 0 Å². The normalized spacial score (nSPS) is 24.2. The molecule has 2 rings (SSSR count). The van der Waals surface area contributed by atoms with Gasteiger partial charge in [-0.05, 0) is 30.6 Å². The van der Waals surface area contributed by atoms with Crippen molar-refractivity contribution in [2.24, 2.45) is 0 Å². The molecular weight excluding hydrogens is 396 g/mol. The molecule has 0 spiro atoms. The zero-order valence-electron chi connectivity index (χ0n) is 12.7. The second-order valence-electron chi connectivity index (χ2n) is 5.09. The fourth-order valence-electron chi connectivity index (χ4n) is 2.26. The number of ether oxygens (including phenoxy) is 1. The standard InChI is InChI=1S/C11H16N3O8P2S/c1-2-11(14-6-4-9(12)13-10(14)25)5-3-8(21-11)7-20-24(18,19)22-23(15,16)17/h1,4,6,8,15-19H,3,5,7H2,(H-,12,13,25)/q+1/p+1. The topological polar surface area (TPSA) is 173 Å². The lowest BCUT2D eigenvalue weighted by atomic mass is 10.1. The lowest BCUT2D eigenvalue weighted by molar-refractivity contribution is -0.0723. The van der Waals surface area contributed by atoms with Crippen molar-refractivity contribution in [2.45, 2.75) is 24.7 Å². The third-order valence-electron chi connectivity index (χ3n) is 3.25. The fraction of sp³-hybridized carbons (Fsp3) is 0.455. The Kier molecular flexibility index (Phi) is 6.10. The molecule has 14 heteroatoms. The summed E-state index contributed by atoms with van der Waals surface area (Å²) in [6.45, 7) is -0.389. The highest BCUT2D eigenvalue weighted by Gasteiger charge is 2.58. The number of anilines is 1. The van der Waals surface area contributed by atoms with Gasteiger partial charge in [-0.15, -0.1) is 10.9 Å². The van der Waals surface area contributed by atoms with Crippen LogP contribution < -0.4 is 5.73 Å². The molecule has 7 N–H and O–H groups in total. The minimum absolute atomic E-state index is 0.115. The first kappa shape index (κ1) is 20.5. The van der Waals surface area contributed by atoms with Crippen LogP contribution in [0.5, 0.6) is 0 Å². The number of nitrogens with two attached hydrogens (primary N) is 1. The molecule has 2 atom stereocenters. The van der Waals surface area contributed by atoms with Crippen LogP contribution >= 0.6 is 28.6 Å². The highest BCUT2D eigenvalue weighted by Crippen LogP contribution is 2.67. The molecule has 2 unspecified atom stereocenters. The van der Waals surface area contributed by atoms with Crippen LogP contribution in [-0.2, 0) is 19.3 Å². The van der Waals surface area contributed by atoms with Gasteiger partial charge in [0.2, 0.25) is 10.5 Å². The van der Waals surface area contributed by atoms with Gasteiger partial charge in [0.15, 0.2) is 0 Å². The quantitative estimate of drug-likeness (QED) is 0.211. The second-order valence-corrected chi connectivity index (χ2v) is 8.38. The van der Waals surface area contributed by atoms with Gasteiger partial charge in [-0.25, -0.2) is 4.98 Å². The van der Waals surface area contributed by atoms with Crippen molar-refractivity contribution >= 4 is 34.4 Å². The predicted molar refractivity (Wildman–Crippen MR) is 90.4 cm³/mol. The first-order valence-corrected chi connectivity index (χ1v) is 10.3. The number of hydrogen-bond donors (Lipinski definition) is 6. The molecule has 1 aliphatic rings. The largest absolute Gasteiger partial charge is 0.620 e. The van der Waals surface area contributed by atoms with E-state index in [4.69, 9.17) is 48.3 Å². The molecule has 2 heterocycles. The Bertz CT molecular complexity index is 733. The van der Waals surface area contributed by atoms with E-state index in [0.29, 0.717) is 12.8 Å². The van der Waals surface area contributed by atoms with Crippen LogP contribution in [-0.4, -0.2) is 46.7 Å². The molecule has 25 heavy (non-hydrogen) atoms. The SMILES string of the molecule is C#CC1(n2ccc(N)nc2=S)CCC(CO[P+](O)(O)O[P+](O)(O)O)O1. The molecule has 1 aromatic heterocycles. The maximum absolute atomic E-state index is 9.42. The van der Waals surface area contributed by atoms with E-state index in [9.17, 15) is 9.79 Å². The monoisotopic (exact) mass is 413 g/mol. The Hall–Kier alpha value is -0.800. The van der Waals surface area contributed by atoms with Crippen LogP contribution in [0.3, 0.4) is 0 Å². The fourth-order valence-corrected chi connectivity index (χ4v) is 4.26. The molecule has 1 aromatic rings. The van der Waals surface area contributed by atoms with Gasteiger partial charge in [0.1, 0.15) is 12.4 Å². The lowest BCUT2D eigenvalue weighted by Crippen LogP contribution is -2.34. The van der Waals surface area contributed by atoms with Gasteiger partial charge in [0.05, 0.1) is 10.4 Å². The van der Waals surface area contributed by atoms with Crippen molar-refractivity contribution in [1.29, 1.82) is 0 Å². The van der Waals surface area contributed by atoms with Crippen LogP contribution in [0.2, 0.25) is 0 Å². The van der Waals surface area contributed by atoms with Crippen LogP contribution in [0.1, 0.15) is 12.8 Å². The Morgan fingerprint density at radius 1 is 1.48 bits per heavy atom. The molecule has 0 amide bonds. The van der Waals surface area contributed by atoms with Gasteiger partial charge in [-0.3, -0.25) is 4.57 Å². The van der Waals surface area contributed by atoms with Gasteiger partial charge < -0.3 is 10.5 Å². The van der Waals surface area contributed by atoms with E-state index in [1.807, 2.05) is 0 Å². The van der Waals surface area contributed by atoms with Crippen LogP contribution in [0, 0.1) is 17.1 Å². The summed E-state index contributed by atoms with van der Waals surface area (Å²) >= 11 is 5.13. The van der Waals surface area contributed by atoms with Crippen molar-refractivity contribution in [1.82, 2.24) is 9.55 Å². The summed E-state index contributed by atoms with van der Waals surface area (Å²) < 4.78 is 15.9. The lowest BCUT2D eigenvalue weighted by Gasteiger charge is -2.26. The Labute approximate surface area is 149 Å². The molecule has 0 radical (unpaired) electrons. The molecular formula is C11H17N3O8P2S+2. The zero-order chi connectivity index (χ0) is 18.9. The third-order valence-corrected chi connectivity index (χ3v) is 5.75. The smallest absolute Gasteiger partial charge is 0.384 e. The number of hydrogen-bond acceptors (Lipinski definition) is 11. The number of rotatable bonds is 6. The molecule has 1 aliphatic heterocycles. The minimum Gasteiger partial charge on any atom is -0.384 e. The van der Waals surface area contributed by atoms with Crippen molar-refractivity contribution in [3.05, 3.63) is 17.0 Å². The molecule has 1 fully saturated rings. The summed E-state index contributed by atoms with van der Waals surface area (Å²) in [4.78, 5) is 48.9. The first-order valence-electron chi connectivity index (χ1n) is 6.75. The summed E-state index contributed by atoms with van der Waals surface area (Å²) in [5, 5.41) is 0. The maximum Gasteiger partial charge on any atom is 0.620 e. The van der Waals surface area contributed by atoms with E-state index in [-0.39, 0.29) is 17.2 Å². The summed E-state index contributed by atoms with van der Waals surface area (Å²) in [6.07, 6.45) is 7.14. The summed E-state index contributed by atoms with van der Waals surface area (Å²) in [5.41, 5.74) is 4.31. The molecule has 11 nitrogen and oxygen atoms in total. The summed E-state index contributed by atoms with van der Waals surface area (Å²) in [5.74, 6) is 2.72. The average Bonchev–Trinajstić information content (AvgIpc) is 2.87. The Morgan fingerprint density at radius 2 is 2.16 bits per heavy atom. The Morgan fingerprint density at radius 3 is 2.72 bits per heavy atom. The van der Waals surface area contributed by atoms with Crippen LogP contribution in [0.15, 0.2) is 12.3 Å². The van der Waals surface area contributed by atoms with E-state index in [2.05, 4.69) is 15.2 Å². The minimum atomic E-state index is -4.88. The van der Waals surface area contributed by atoms with Crippen molar-refractivity contribution in [3.63, 3.8) is 0 Å². The highest BCUT2D eigenvalue weighted by atomic mass is 32.1. The van der Waals surface area contributed by atoms with Crippen LogP contribution in [0.4, 0.5) is 5.82 Å². The van der Waals surface area contributed by atoms with Gasteiger partial charge in [-0.2, -0.15) is 24.5 Å². The first-order chi connectivity index (χ1) is 11.5. The van der Waals surface area contributed by atoms with E-state index < -0.39 is 28.2 Å². The van der Waals surface area contributed by atoms with Gasteiger partial charge in [-0.1, -0.05) is 0 Å². The predicted octanol–water partition coefficient (Wildman–Crippen LogP) is 0.00969. The van der Waals surface area contributed by atoms with Crippen molar-refractivity contribution in [2.75, 3.05) is 12.3 Å². The molecule has 1 saturated heterocycles. The zero-order valence-corrected chi connectivity index (χ0v) is 15.3. The Balaban J connectivity index is 2.07. The molecule has 138 valence electrons. The second kappa shape index (κ2) is 7.44. The summed E-state index contributed by atoms with van der Waals surface area (Å²) in [6, 6.07) is 1.50. The van der Waals surface area contributed by atoms with E-state index in [0.717, 1.165) is 0 Å². The number of nitrogen functional groups attached to an aromatic ring is 1. The molecule has 0 aliphatic carbocycles. The van der Waals surface area contributed by atoms with Crippen molar-refractivity contribution < 1.29 is 38.0 Å². The highest BCUT2D eigenvalue weighted by molar-refractivity contribution is 7.71. The number of terminal acetylenes is 1. The molecule has 0 bridgehead atoms.